The molecule has 4 aromatic rings. The molecule has 45 heavy (non-hydrogen) atoms. The summed E-state index contributed by atoms with van der Waals surface area (Å²) in [5.74, 6) is 5.01. The number of aromatic nitrogens is 3. The molecule has 9 nitrogen and oxygen atoms in total. The van der Waals surface area contributed by atoms with E-state index < -0.39 is 5.60 Å². The fourth-order valence-corrected chi connectivity index (χ4v) is 7.21. The van der Waals surface area contributed by atoms with Gasteiger partial charge in [0, 0.05) is 49.6 Å². The Morgan fingerprint density at radius 3 is 2.47 bits per heavy atom. The number of carbonyl (C=O) groups excluding carboxylic acids is 1. The van der Waals surface area contributed by atoms with Gasteiger partial charge in [0.1, 0.15) is 28.4 Å². The van der Waals surface area contributed by atoms with Gasteiger partial charge in [-0.05, 0) is 76.0 Å². The molecule has 2 aliphatic rings. The number of nitrogens with one attached hydrogen (secondary N) is 1. The number of pyridine rings is 1. The highest BCUT2D eigenvalue weighted by Crippen LogP contribution is 2.43. The van der Waals surface area contributed by atoms with Crippen LogP contribution in [0.4, 0.5) is 10.6 Å². The van der Waals surface area contributed by atoms with Crippen LogP contribution in [0.15, 0.2) is 42.5 Å². The van der Waals surface area contributed by atoms with Crippen LogP contribution in [0.2, 0.25) is 0 Å². The summed E-state index contributed by atoms with van der Waals surface area (Å²) in [7, 11) is 3.34. The van der Waals surface area contributed by atoms with Crippen LogP contribution in [0.25, 0.3) is 21.9 Å². The lowest BCUT2D eigenvalue weighted by molar-refractivity contribution is 0.0277. The summed E-state index contributed by atoms with van der Waals surface area (Å²) in [4.78, 5) is 25.0. The van der Waals surface area contributed by atoms with Gasteiger partial charge in [0.25, 0.3) is 0 Å². The number of likely N-dealkylation sites (tertiary alicyclic amines) is 1. The molecule has 2 aromatic heterocycles. The molecule has 9 heteroatoms. The molecular weight excluding hydrogens is 566 g/mol. The maximum atomic E-state index is 12.8. The number of para-hydroxylation sites is 1. The molecule has 3 heterocycles. The van der Waals surface area contributed by atoms with Crippen molar-refractivity contribution in [3.05, 3.63) is 53.9 Å². The number of carbonyl (C=O) groups is 1. The second kappa shape index (κ2) is 12.8. The fourth-order valence-electron chi connectivity index (χ4n) is 7.21. The Morgan fingerprint density at radius 2 is 1.78 bits per heavy atom. The molecule has 6 rings (SSSR count). The number of aryl methyl sites for hydroxylation is 1. The Morgan fingerprint density at radius 1 is 1.02 bits per heavy atom. The Hall–Kier alpha value is -4.01. The van der Waals surface area contributed by atoms with Crippen LogP contribution in [0.5, 0.6) is 11.5 Å². The van der Waals surface area contributed by atoms with Gasteiger partial charge in [0.15, 0.2) is 5.82 Å². The normalized spacial score (nSPS) is 19.7. The molecule has 240 valence electrons. The average Bonchev–Trinajstić information content (AvgIpc) is 3.70. The quantitative estimate of drug-likeness (QED) is 0.199. The maximum absolute atomic E-state index is 12.8. The van der Waals surface area contributed by atoms with Crippen LogP contribution in [0.3, 0.4) is 0 Å². The first-order valence-electron chi connectivity index (χ1n) is 16.4. The van der Waals surface area contributed by atoms with Gasteiger partial charge >= 0.3 is 6.09 Å². The van der Waals surface area contributed by atoms with Crippen LogP contribution in [-0.4, -0.2) is 58.4 Å². The maximum Gasteiger partial charge on any atom is 0.410 e. The second-order valence-electron chi connectivity index (χ2n) is 13.7. The highest BCUT2D eigenvalue weighted by molar-refractivity contribution is 6.07. The van der Waals surface area contributed by atoms with Gasteiger partial charge in [-0.1, -0.05) is 31.5 Å². The molecule has 1 N–H and O–H groups in total. The van der Waals surface area contributed by atoms with Crippen LogP contribution < -0.4 is 14.8 Å². The predicted molar refractivity (Wildman–Crippen MR) is 178 cm³/mol. The summed E-state index contributed by atoms with van der Waals surface area (Å²) in [5, 5.41) is 4.73. The van der Waals surface area contributed by atoms with Crippen molar-refractivity contribution in [3.63, 3.8) is 0 Å². The Balaban J connectivity index is 1.29. The van der Waals surface area contributed by atoms with Gasteiger partial charge in [-0.3, -0.25) is 0 Å². The van der Waals surface area contributed by atoms with Gasteiger partial charge in [-0.2, -0.15) is 0 Å². The van der Waals surface area contributed by atoms with Gasteiger partial charge in [-0.15, -0.1) is 0 Å². The standard InChI is InChI=1S/C36H47N5O4/c1-7-8-13-31-39-32-33(41(31)20-23-16-25-21-40(22-26(25)17-23)35(42)45-36(2,3)4)28-11-9-10-12-29(28)38-34(32)37-19-24-14-15-27(43-5)18-30(24)44-6/h9-12,14-15,18,23,25-26H,7-8,13,16-17,19-22H2,1-6H3,(H,37,38). The third-order valence-corrected chi connectivity index (χ3v) is 9.30. The Bertz CT molecular complexity index is 1660. The summed E-state index contributed by atoms with van der Waals surface area (Å²) in [6.45, 7) is 11.1. The van der Waals surface area contributed by atoms with E-state index in [9.17, 15) is 4.79 Å². The first kappa shape index (κ1) is 31.0. The zero-order chi connectivity index (χ0) is 31.7. The van der Waals surface area contributed by atoms with Crippen molar-refractivity contribution in [2.75, 3.05) is 32.6 Å². The van der Waals surface area contributed by atoms with Crippen molar-refractivity contribution in [3.8, 4) is 11.5 Å². The molecule has 0 spiro atoms. The molecule has 2 aromatic carbocycles. The number of methoxy groups -OCH3 is 2. The second-order valence-corrected chi connectivity index (χ2v) is 13.7. The van der Waals surface area contributed by atoms with Gasteiger partial charge < -0.3 is 29.0 Å². The smallest absolute Gasteiger partial charge is 0.410 e. The number of ether oxygens (including phenoxy) is 3. The van der Waals surface area contributed by atoms with Crippen LogP contribution in [-0.2, 0) is 24.2 Å². The number of benzene rings is 2. The lowest BCUT2D eigenvalue weighted by Crippen LogP contribution is -2.36. The van der Waals surface area contributed by atoms with Crippen molar-refractivity contribution >= 4 is 33.8 Å². The first-order chi connectivity index (χ1) is 21.7. The van der Waals surface area contributed by atoms with E-state index in [1.807, 2.05) is 49.9 Å². The van der Waals surface area contributed by atoms with Crippen molar-refractivity contribution in [2.24, 2.45) is 17.8 Å². The molecule has 1 aliphatic heterocycles. The fraction of sp³-hybridized carbons (Fsp3) is 0.528. The van der Waals surface area contributed by atoms with Crippen LogP contribution >= 0.6 is 0 Å². The molecule has 1 aliphatic carbocycles. The lowest BCUT2D eigenvalue weighted by Gasteiger charge is -2.25. The third-order valence-electron chi connectivity index (χ3n) is 9.30. The minimum atomic E-state index is -0.471. The number of hydrogen-bond acceptors (Lipinski definition) is 7. The van der Waals surface area contributed by atoms with Crippen molar-refractivity contribution in [2.45, 2.75) is 78.5 Å². The summed E-state index contributed by atoms with van der Waals surface area (Å²) in [5.41, 5.74) is 3.57. The van der Waals surface area contributed by atoms with Crippen LogP contribution in [0.1, 0.15) is 64.8 Å². The minimum absolute atomic E-state index is 0.179. The van der Waals surface area contributed by atoms with E-state index in [0.717, 1.165) is 102 Å². The predicted octanol–water partition coefficient (Wildman–Crippen LogP) is 7.45. The average molecular weight is 614 g/mol. The van der Waals surface area contributed by atoms with Crippen LogP contribution in [0, 0.1) is 17.8 Å². The van der Waals surface area contributed by atoms with E-state index in [4.69, 9.17) is 24.2 Å². The van der Waals surface area contributed by atoms with Crippen molar-refractivity contribution < 1.29 is 19.0 Å². The van der Waals surface area contributed by atoms with E-state index in [2.05, 4.69) is 35.0 Å². The number of hydrogen-bond donors (Lipinski definition) is 1. The molecule has 0 radical (unpaired) electrons. The zero-order valence-corrected chi connectivity index (χ0v) is 27.6. The van der Waals surface area contributed by atoms with Crippen molar-refractivity contribution in [1.29, 1.82) is 0 Å². The SMILES string of the molecule is CCCCc1nc2c(NCc3ccc(OC)cc3OC)nc3ccccc3c2n1CC1CC2CN(C(=O)OC(C)(C)C)CC2C1. The molecule has 2 atom stereocenters. The van der Waals surface area contributed by atoms with E-state index in [1.54, 1.807) is 14.2 Å². The van der Waals surface area contributed by atoms with E-state index in [0.29, 0.717) is 24.3 Å². The Labute approximate surface area is 266 Å². The Kier molecular flexibility index (Phi) is 8.80. The number of unbranched alkanes of at least 4 members (excludes halogenated alkanes) is 1. The summed E-state index contributed by atoms with van der Waals surface area (Å²) in [6.07, 6.45) is 5.17. The number of amides is 1. The van der Waals surface area contributed by atoms with E-state index in [1.165, 1.54) is 0 Å². The van der Waals surface area contributed by atoms with E-state index in [-0.39, 0.29) is 6.09 Å². The number of fused-ring (bicyclic) bond motifs is 4. The summed E-state index contributed by atoms with van der Waals surface area (Å²) >= 11 is 0. The molecule has 0 bridgehead atoms. The lowest BCUT2D eigenvalue weighted by atomic mass is 10.0. The molecule has 1 amide bonds. The number of nitrogens with zero attached hydrogens (tertiary/aromatic N) is 4. The topological polar surface area (TPSA) is 90.7 Å². The zero-order valence-electron chi connectivity index (χ0n) is 27.6. The van der Waals surface area contributed by atoms with Gasteiger partial charge in [0.05, 0.1) is 25.3 Å². The molecular formula is C36H47N5O4. The molecule has 1 saturated heterocycles. The largest absolute Gasteiger partial charge is 0.497 e. The minimum Gasteiger partial charge on any atom is -0.497 e. The molecule has 2 unspecified atom stereocenters. The highest BCUT2D eigenvalue weighted by Gasteiger charge is 2.43. The monoisotopic (exact) mass is 613 g/mol. The highest BCUT2D eigenvalue weighted by atomic mass is 16.6. The third kappa shape index (κ3) is 6.53. The molecule has 1 saturated carbocycles. The first-order valence-corrected chi connectivity index (χ1v) is 16.4. The van der Waals surface area contributed by atoms with Crippen molar-refractivity contribution in [1.82, 2.24) is 19.4 Å². The summed E-state index contributed by atoms with van der Waals surface area (Å²) < 4.78 is 19.2. The number of rotatable bonds is 10. The molecule has 2 fully saturated rings. The number of imidazole rings is 1. The number of anilines is 1. The van der Waals surface area contributed by atoms with E-state index >= 15 is 0 Å². The van der Waals surface area contributed by atoms with Gasteiger partial charge in [-0.25, -0.2) is 14.8 Å². The van der Waals surface area contributed by atoms with Gasteiger partial charge in [0.2, 0.25) is 0 Å². The summed E-state index contributed by atoms with van der Waals surface area (Å²) in [6, 6.07) is 14.3.